The molecule has 1 aromatic heterocycles. The third kappa shape index (κ3) is 3.60. The summed E-state index contributed by atoms with van der Waals surface area (Å²) >= 11 is 3.21. The van der Waals surface area contributed by atoms with Gasteiger partial charge in [0.1, 0.15) is 5.75 Å². The highest BCUT2D eigenvalue weighted by atomic mass is 79.9. The Labute approximate surface area is 115 Å². The number of benzene rings is 1. The van der Waals surface area contributed by atoms with Crippen molar-refractivity contribution >= 4 is 21.6 Å². The molecule has 0 fully saturated rings. The van der Waals surface area contributed by atoms with Gasteiger partial charge in [0.2, 0.25) is 5.88 Å². The highest BCUT2D eigenvalue weighted by Gasteiger charge is 2.31. The molecule has 2 aromatic rings. The minimum atomic E-state index is -4.43. The van der Waals surface area contributed by atoms with Crippen molar-refractivity contribution in [1.82, 2.24) is 4.98 Å². The van der Waals surface area contributed by atoms with Gasteiger partial charge in [0.25, 0.3) is 0 Å². The zero-order valence-corrected chi connectivity index (χ0v) is 11.0. The second-order valence-corrected chi connectivity index (χ2v) is 4.62. The van der Waals surface area contributed by atoms with Gasteiger partial charge in [0, 0.05) is 28.5 Å². The molecule has 100 valence electrons. The quantitative estimate of drug-likeness (QED) is 0.837. The van der Waals surface area contributed by atoms with Crippen molar-refractivity contribution in [3.63, 3.8) is 0 Å². The molecule has 19 heavy (non-hydrogen) atoms. The number of rotatable bonds is 2. The van der Waals surface area contributed by atoms with E-state index in [1.165, 1.54) is 6.07 Å². The number of nitrogen functional groups attached to an aromatic ring is 1. The molecular weight excluding hydrogens is 325 g/mol. The third-order valence-corrected chi connectivity index (χ3v) is 2.64. The van der Waals surface area contributed by atoms with Crippen LogP contribution in [-0.2, 0) is 6.18 Å². The summed E-state index contributed by atoms with van der Waals surface area (Å²) in [5.41, 5.74) is 5.21. The minimum absolute atomic E-state index is 0.146. The molecule has 2 N–H and O–H groups in total. The van der Waals surface area contributed by atoms with Crippen molar-refractivity contribution < 1.29 is 17.9 Å². The number of halogens is 4. The van der Waals surface area contributed by atoms with E-state index in [1.807, 2.05) is 0 Å². The lowest BCUT2D eigenvalue weighted by Crippen LogP contribution is -2.05. The minimum Gasteiger partial charge on any atom is -0.439 e. The molecule has 0 amide bonds. The molecule has 1 aromatic carbocycles. The van der Waals surface area contributed by atoms with Crippen LogP contribution >= 0.6 is 15.9 Å². The summed E-state index contributed by atoms with van der Waals surface area (Å²) in [5, 5.41) is 0. The van der Waals surface area contributed by atoms with Crippen molar-refractivity contribution in [2.24, 2.45) is 0 Å². The number of anilines is 1. The van der Waals surface area contributed by atoms with E-state index >= 15 is 0 Å². The fourth-order valence-corrected chi connectivity index (χ4v) is 1.90. The van der Waals surface area contributed by atoms with Crippen molar-refractivity contribution in [1.29, 1.82) is 0 Å². The largest absolute Gasteiger partial charge is 0.439 e. The number of nitrogens with two attached hydrogens (primary N) is 1. The standard InChI is InChI=1S/C12H8BrF3N2O/c13-8-4-9(17)6-10(5-8)19-11-3-7(1-2-18-11)12(14,15)16/h1-6H,17H2. The highest BCUT2D eigenvalue weighted by molar-refractivity contribution is 9.10. The van der Waals surface area contributed by atoms with Gasteiger partial charge < -0.3 is 10.5 Å². The molecular formula is C12H8BrF3N2O. The molecule has 0 aliphatic rings. The van der Waals surface area contributed by atoms with Crippen molar-refractivity contribution in [2.45, 2.75) is 6.18 Å². The maximum atomic E-state index is 12.5. The molecule has 0 aliphatic heterocycles. The van der Waals surface area contributed by atoms with Crippen molar-refractivity contribution in [3.05, 3.63) is 46.6 Å². The number of alkyl halides is 3. The second kappa shape index (κ2) is 5.08. The summed E-state index contributed by atoms with van der Waals surface area (Å²) in [5.74, 6) is 0.158. The van der Waals surface area contributed by atoms with Crippen LogP contribution in [-0.4, -0.2) is 4.98 Å². The number of hydrogen-bond donors (Lipinski definition) is 1. The molecule has 0 saturated heterocycles. The second-order valence-electron chi connectivity index (χ2n) is 3.70. The van der Waals surface area contributed by atoms with Crippen molar-refractivity contribution in [3.8, 4) is 11.6 Å². The number of pyridine rings is 1. The molecule has 0 spiro atoms. The third-order valence-electron chi connectivity index (χ3n) is 2.18. The lowest BCUT2D eigenvalue weighted by atomic mass is 10.2. The van der Waals surface area contributed by atoms with E-state index in [-0.39, 0.29) is 5.88 Å². The van der Waals surface area contributed by atoms with E-state index < -0.39 is 11.7 Å². The Kier molecular flexibility index (Phi) is 3.66. The van der Waals surface area contributed by atoms with Gasteiger partial charge in [-0.25, -0.2) is 4.98 Å². The Balaban J connectivity index is 2.28. The van der Waals surface area contributed by atoms with E-state index in [4.69, 9.17) is 10.5 Å². The molecule has 0 radical (unpaired) electrons. The van der Waals surface area contributed by atoms with E-state index in [0.29, 0.717) is 15.9 Å². The SMILES string of the molecule is Nc1cc(Br)cc(Oc2cc(C(F)(F)F)ccn2)c1. The van der Waals surface area contributed by atoms with Crippen molar-refractivity contribution in [2.75, 3.05) is 5.73 Å². The summed E-state index contributed by atoms with van der Waals surface area (Å²) in [6.07, 6.45) is -3.39. The first-order chi connectivity index (χ1) is 8.84. The number of ether oxygens (including phenoxy) is 1. The lowest BCUT2D eigenvalue weighted by molar-refractivity contribution is -0.137. The van der Waals surface area contributed by atoms with Crippen LogP contribution < -0.4 is 10.5 Å². The highest BCUT2D eigenvalue weighted by Crippen LogP contribution is 2.32. The van der Waals surface area contributed by atoms with Gasteiger partial charge in [0.15, 0.2) is 0 Å². The fourth-order valence-electron chi connectivity index (χ4n) is 1.41. The zero-order valence-electron chi connectivity index (χ0n) is 9.41. The first kappa shape index (κ1) is 13.7. The van der Waals surface area contributed by atoms with E-state index in [1.54, 1.807) is 12.1 Å². The van der Waals surface area contributed by atoms with Crippen LogP contribution in [0.5, 0.6) is 11.6 Å². The molecule has 2 rings (SSSR count). The Morgan fingerprint density at radius 2 is 1.89 bits per heavy atom. The van der Waals surface area contributed by atoms with Crippen LogP contribution in [0.1, 0.15) is 5.56 Å². The Bertz CT molecular complexity index is 582. The molecule has 0 saturated carbocycles. The molecule has 0 bridgehead atoms. The van der Waals surface area contributed by atoms with Gasteiger partial charge in [-0.2, -0.15) is 13.2 Å². The van der Waals surface area contributed by atoms with Crippen LogP contribution in [0.4, 0.5) is 18.9 Å². The molecule has 0 unspecified atom stereocenters. The fraction of sp³-hybridized carbons (Fsp3) is 0.0833. The average Bonchev–Trinajstić information content (AvgIpc) is 2.26. The molecule has 1 heterocycles. The maximum absolute atomic E-state index is 12.5. The number of hydrogen-bond acceptors (Lipinski definition) is 3. The first-order valence-electron chi connectivity index (χ1n) is 5.12. The number of nitrogens with zero attached hydrogens (tertiary/aromatic N) is 1. The predicted octanol–water partition coefficient (Wildman–Crippen LogP) is 4.24. The Morgan fingerprint density at radius 3 is 2.53 bits per heavy atom. The van der Waals surface area contributed by atoms with E-state index in [9.17, 15) is 13.2 Å². The summed E-state index contributed by atoms with van der Waals surface area (Å²) < 4.78 is 43.5. The zero-order chi connectivity index (χ0) is 14.0. The normalized spacial score (nSPS) is 11.4. The van der Waals surface area contributed by atoms with E-state index in [2.05, 4.69) is 20.9 Å². The number of aromatic nitrogens is 1. The predicted molar refractivity (Wildman–Crippen MR) is 67.9 cm³/mol. The topological polar surface area (TPSA) is 48.1 Å². The summed E-state index contributed by atoms with van der Waals surface area (Å²) in [4.78, 5) is 3.73. The summed E-state index contributed by atoms with van der Waals surface area (Å²) in [6.45, 7) is 0. The monoisotopic (exact) mass is 332 g/mol. The lowest BCUT2D eigenvalue weighted by Gasteiger charge is -2.09. The molecule has 3 nitrogen and oxygen atoms in total. The molecule has 7 heteroatoms. The van der Waals surface area contributed by atoms with Crippen LogP contribution in [0.25, 0.3) is 0 Å². The smallest absolute Gasteiger partial charge is 0.416 e. The first-order valence-corrected chi connectivity index (χ1v) is 5.91. The Morgan fingerprint density at radius 1 is 1.16 bits per heavy atom. The van der Waals surface area contributed by atoms with Crippen LogP contribution in [0.3, 0.4) is 0 Å². The maximum Gasteiger partial charge on any atom is 0.416 e. The van der Waals surface area contributed by atoms with E-state index in [0.717, 1.165) is 18.3 Å². The summed E-state index contributed by atoms with van der Waals surface area (Å²) in [6, 6.07) is 6.43. The van der Waals surface area contributed by atoms with Crippen LogP contribution in [0.15, 0.2) is 41.0 Å². The average molecular weight is 333 g/mol. The van der Waals surface area contributed by atoms with Gasteiger partial charge >= 0.3 is 6.18 Å². The van der Waals surface area contributed by atoms with Gasteiger partial charge in [-0.3, -0.25) is 0 Å². The van der Waals surface area contributed by atoms with Gasteiger partial charge in [-0.1, -0.05) is 15.9 Å². The van der Waals surface area contributed by atoms with Crippen LogP contribution in [0, 0.1) is 0 Å². The molecule has 0 atom stereocenters. The summed E-state index contributed by atoms with van der Waals surface area (Å²) in [7, 11) is 0. The van der Waals surface area contributed by atoms with Gasteiger partial charge in [-0.15, -0.1) is 0 Å². The van der Waals surface area contributed by atoms with Gasteiger partial charge in [-0.05, 0) is 18.2 Å². The molecule has 0 aliphatic carbocycles. The van der Waals surface area contributed by atoms with Crippen LogP contribution in [0.2, 0.25) is 0 Å². The van der Waals surface area contributed by atoms with Gasteiger partial charge in [0.05, 0.1) is 5.56 Å². The Hall–Kier alpha value is -1.76.